The first kappa shape index (κ1) is 70.3. The molecule has 0 spiro atoms. The fraction of sp³-hybridized carbons (Fsp3) is 0.609. The lowest BCUT2D eigenvalue weighted by Gasteiger charge is -2.18. The van der Waals surface area contributed by atoms with E-state index in [-0.39, 0.29) is 37.5 Å². The SMILES string of the molecule is CC/C=C\C/C=C\C/C=C\C/C=C\C/C=C\CCCCCC(=O)OC[C@@H](COC(=O)CCCCCCCC/C=C\C/C=C\C/C=C\CCCCC)OC(=O)CCCCC/C=C\C/C=C\C/C=C\C/C=C\CCCCC. The molecule has 422 valence electrons. The fourth-order valence-corrected chi connectivity index (χ4v) is 7.75. The van der Waals surface area contributed by atoms with Crippen LogP contribution in [-0.2, 0) is 28.6 Å². The van der Waals surface area contributed by atoms with E-state index in [4.69, 9.17) is 14.2 Å². The number of carbonyl (C=O) groups is 3. The third kappa shape index (κ3) is 60.0. The molecule has 1 atom stereocenters. The van der Waals surface area contributed by atoms with Gasteiger partial charge in [-0.1, -0.05) is 231 Å². The molecule has 75 heavy (non-hydrogen) atoms. The largest absolute Gasteiger partial charge is 0.462 e. The van der Waals surface area contributed by atoms with Crippen LogP contribution in [0.15, 0.2) is 146 Å². The second kappa shape index (κ2) is 61.8. The number of ether oxygens (including phenoxy) is 3. The van der Waals surface area contributed by atoms with Crippen molar-refractivity contribution >= 4 is 17.9 Å². The van der Waals surface area contributed by atoms with Crippen molar-refractivity contribution in [2.24, 2.45) is 0 Å². The van der Waals surface area contributed by atoms with Gasteiger partial charge in [0.25, 0.3) is 0 Å². The van der Waals surface area contributed by atoms with Crippen LogP contribution in [0.2, 0.25) is 0 Å². The summed E-state index contributed by atoms with van der Waals surface area (Å²) in [6.45, 7) is 6.40. The maximum Gasteiger partial charge on any atom is 0.306 e. The summed E-state index contributed by atoms with van der Waals surface area (Å²) in [4.78, 5) is 38.3. The molecule has 0 aromatic carbocycles. The summed E-state index contributed by atoms with van der Waals surface area (Å²) in [6.07, 6.45) is 88.3. The lowest BCUT2D eigenvalue weighted by molar-refractivity contribution is -0.167. The molecule has 0 bridgehead atoms. The Morgan fingerprint density at radius 2 is 0.520 bits per heavy atom. The maximum absolute atomic E-state index is 12.9. The minimum atomic E-state index is -0.822. The Kier molecular flexibility index (Phi) is 58.0. The molecule has 0 aliphatic carbocycles. The van der Waals surface area contributed by atoms with E-state index in [2.05, 4.69) is 167 Å². The van der Waals surface area contributed by atoms with Gasteiger partial charge < -0.3 is 14.2 Å². The number of hydrogen-bond donors (Lipinski definition) is 0. The molecule has 0 aliphatic rings. The van der Waals surface area contributed by atoms with E-state index in [1.54, 1.807) is 0 Å². The summed E-state index contributed by atoms with van der Waals surface area (Å²) < 4.78 is 16.8. The van der Waals surface area contributed by atoms with Gasteiger partial charge in [0.2, 0.25) is 0 Å². The van der Waals surface area contributed by atoms with Gasteiger partial charge in [0.15, 0.2) is 6.10 Å². The highest BCUT2D eigenvalue weighted by Crippen LogP contribution is 2.13. The van der Waals surface area contributed by atoms with Gasteiger partial charge in [0, 0.05) is 19.3 Å². The Balaban J connectivity index is 4.57. The predicted octanol–water partition coefficient (Wildman–Crippen LogP) is 20.8. The molecule has 6 nitrogen and oxygen atoms in total. The molecule has 0 aliphatic heterocycles. The predicted molar refractivity (Wildman–Crippen MR) is 325 cm³/mol. The van der Waals surface area contributed by atoms with Gasteiger partial charge in [-0.25, -0.2) is 0 Å². The summed E-state index contributed by atoms with van der Waals surface area (Å²) in [5.41, 5.74) is 0. The lowest BCUT2D eigenvalue weighted by Crippen LogP contribution is -2.30. The monoisotopic (exact) mass is 1030 g/mol. The van der Waals surface area contributed by atoms with Crippen molar-refractivity contribution in [1.29, 1.82) is 0 Å². The maximum atomic E-state index is 12.9. The molecule has 0 rings (SSSR count). The molecule has 0 saturated heterocycles. The van der Waals surface area contributed by atoms with Gasteiger partial charge in [-0.3, -0.25) is 14.4 Å². The van der Waals surface area contributed by atoms with Crippen LogP contribution in [0.4, 0.5) is 0 Å². The van der Waals surface area contributed by atoms with Crippen molar-refractivity contribution in [3.63, 3.8) is 0 Å². The van der Waals surface area contributed by atoms with Gasteiger partial charge in [0.05, 0.1) is 0 Å². The number of esters is 3. The van der Waals surface area contributed by atoms with Gasteiger partial charge in [-0.2, -0.15) is 0 Å². The van der Waals surface area contributed by atoms with Crippen molar-refractivity contribution in [2.75, 3.05) is 13.2 Å². The lowest BCUT2D eigenvalue weighted by atomic mass is 10.1. The van der Waals surface area contributed by atoms with Crippen LogP contribution in [0.5, 0.6) is 0 Å². The first-order chi connectivity index (χ1) is 37.0. The Morgan fingerprint density at radius 1 is 0.280 bits per heavy atom. The van der Waals surface area contributed by atoms with Crippen molar-refractivity contribution in [2.45, 2.75) is 258 Å². The van der Waals surface area contributed by atoms with Crippen LogP contribution >= 0.6 is 0 Å². The highest BCUT2D eigenvalue weighted by Gasteiger charge is 2.19. The van der Waals surface area contributed by atoms with Crippen molar-refractivity contribution in [3.05, 3.63) is 146 Å². The van der Waals surface area contributed by atoms with E-state index in [1.807, 2.05) is 0 Å². The molecule has 0 radical (unpaired) electrons. The quantitative estimate of drug-likeness (QED) is 0.0261. The first-order valence-corrected chi connectivity index (χ1v) is 30.3. The van der Waals surface area contributed by atoms with E-state index in [9.17, 15) is 14.4 Å². The average molecular weight is 1040 g/mol. The summed E-state index contributed by atoms with van der Waals surface area (Å²) in [7, 11) is 0. The molecule has 0 N–H and O–H groups in total. The Labute approximate surface area is 461 Å². The van der Waals surface area contributed by atoms with E-state index >= 15 is 0 Å². The van der Waals surface area contributed by atoms with Crippen molar-refractivity contribution in [1.82, 2.24) is 0 Å². The smallest absolute Gasteiger partial charge is 0.306 e. The summed E-state index contributed by atoms with van der Waals surface area (Å²) in [5, 5.41) is 0. The highest BCUT2D eigenvalue weighted by molar-refractivity contribution is 5.71. The van der Waals surface area contributed by atoms with Crippen LogP contribution in [0.1, 0.15) is 252 Å². The second-order valence-electron chi connectivity index (χ2n) is 19.5. The van der Waals surface area contributed by atoms with Gasteiger partial charge in [-0.15, -0.1) is 0 Å². The number of unbranched alkanes of at least 4 members (excludes halogenated alkanes) is 18. The summed E-state index contributed by atoms with van der Waals surface area (Å²) in [5.74, 6) is -0.994. The third-order valence-corrected chi connectivity index (χ3v) is 12.3. The fourth-order valence-electron chi connectivity index (χ4n) is 7.75. The second-order valence-corrected chi connectivity index (χ2v) is 19.5. The molecule has 0 aromatic heterocycles. The average Bonchev–Trinajstić information content (AvgIpc) is 3.41. The standard InChI is InChI=1S/C69H110O6/c1-4-7-10-13-16-19-22-25-28-31-34-37-40-43-46-49-52-55-58-61-67(70)73-64-66(75-69(72)63-60-57-54-51-48-45-42-39-36-33-30-27-24-21-18-15-12-9-6-3)65-74-68(71)62-59-56-53-50-47-44-41-38-35-32-29-26-23-20-17-14-11-8-5-2/h7,10,16-21,25-30,34-39,43,45-46,48,66H,4-6,8-9,11-15,22-24,31-33,40-42,44,47,49-65H2,1-3H3/b10-7-,19-16-,20-17-,21-18-,28-25-,29-26-,30-27-,37-34-,38-35-,39-36-,46-43-,48-45-/t66-/m0/s1. The first-order valence-electron chi connectivity index (χ1n) is 30.3. The zero-order chi connectivity index (χ0) is 54.3. The molecule has 0 saturated carbocycles. The van der Waals surface area contributed by atoms with Crippen molar-refractivity contribution < 1.29 is 28.6 Å². The van der Waals surface area contributed by atoms with Crippen LogP contribution in [0, 0.1) is 0 Å². The molecule has 0 amide bonds. The topological polar surface area (TPSA) is 78.9 Å². The molecule has 0 fully saturated rings. The Bertz CT molecular complexity index is 1660. The molecular formula is C69H110O6. The van der Waals surface area contributed by atoms with Crippen LogP contribution in [0.3, 0.4) is 0 Å². The zero-order valence-electron chi connectivity index (χ0n) is 48.3. The third-order valence-electron chi connectivity index (χ3n) is 12.3. The zero-order valence-corrected chi connectivity index (χ0v) is 48.3. The number of rotatable bonds is 53. The molecule has 0 unspecified atom stereocenters. The Morgan fingerprint density at radius 3 is 0.827 bits per heavy atom. The number of hydrogen-bond acceptors (Lipinski definition) is 6. The minimum Gasteiger partial charge on any atom is -0.462 e. The van der Waals surface area contributed by atoms with Crippen molar-refractivity contribution in [3.8, 4) is 0 Å². The normalized spacial score (nSPS) is 13.2. The van der Waals surface area contributed by atoms with Gasteiger partial charge in [0.1, 0.15) is 13.2 Å². The van der Waals surface area contributed by atoms with Crippen LogP contribution in [0.25, 0.3) is 0 Å². The molecule has 0 aromatic rings. The molecule has 6 heteroatoms. The summed E-state index contributed by atoms with van der Waals surface area (Å²) in [6, 6.07) is 0. The van der Waals surface area contributed by atoms with E-state index in [1.165, 1.54) is 64.2 Å². The minimum absolute atomic E-state index is 0.114. The Hall–Kier alpha value is -4.71. The molecular weight excluding hydrogens is 925 g/mol. The van der Waals surface area contributed by atoms with Gasteiger partial charge in [-0.05, 0) is 148 Å². The number of carbonyl (C=O) groups excluding carboxylic acids is 3. The summed E-state index contributed by atoms with van der Waals surface area (Å²) >= 11 is 0. The number of allylic oxidation sites excluding steroid dienone is 24. The van der Waals surface area contributed by atoms with Crippen LogP contribution in [-0.4, -0.2) is 37.2 Å². The highest BCUT2D eigenvalue weighted by atomic mass is 16.6. The van der Waals surface area contributed by atoms with E-state index < -0.39 is 6.10 Å². The van der Waals surface area contributed by atoms with E-state index in [0.29, 0.717) is 19.3 Å². The molecule has 0 heterocycles. The van der Waals surface area contributed by atoms with Crippen LogP contribution < -0.4 is 0 Å². The van der Waals surface area contributed by atoms with E-state index in [0.717, 1.165) is 141 Å². The van der Waals surface area contributed by atoms with Gasteiger partial charge >= 0.3 is 17.9 Å².